The minimum Gasteiger partial charge on any atom is -0.396 e. The van der Waals surface area contributed by atoms with Gasteiger partial charge in [-0.15, -0.1) is 0 Å². The average molecular weight is 244 g/mol. The summed E-state index contributed by atoms with van der Waals surface area (Å²) in [6, 6.07) is 0. The van der Waals surface area contributed by atoms with E-state index in [1.165, 1.54) is 0 Å². The normalized spacial score (nSPS) is 15.4. The Morgan fingerprint density at radius 1 is 1.35 bits per heavy atom. The lowest BCUT2D eigenvalue weighted by atomic mass is 9.84. The summed E-state index contributed by atoms with van der Waals surface area (Å²) < 4.78 is 0. The molecule has 1 atom stereocenters. The van der Waals surface area contributed by atoms with Gasteiger partial charge in [-0.1, -0.05) is 20.8 Å². The second kappa shape index (κ2) is 6.97. The molecule has 0 spiro atoms. The molecule has 0 aliphatic rings. The highest BCUT2D eigenvalue weighted by atomic mass is 16.2. The highest BCUT2D eigenvalue weighted by molar-refractivity contribution is 5.82. The molecule has 0 aliphatic carbocycles. The van der Waals surface area contributed by atoms with Gasteiger partial charge in [-0.3, -0.25) is 4.79 Å². The van der Waals surface area contributed by atoms with Crippen LogP contribution in [0.25, 0.3) is 0 Å². The number of aliphatic hydroxyl groups excluding tert-OH is 1. The van der Waals surface area contributed by atoms with Gasteiger partial charge in [0.2, 0.25) is 5.91 Å². The molecule has 0 aliphatic heterocycles. The first kappa shape index (κ1) is 16.4. The van der Waals surface area contributed by atoms with Crippen molar-refractivity contribution in [3.05, 3.63) is 0 Å². The maximum absolute atomic E-state index is 12.0. The highest BCUT2D eigenvalue weighted by Gasteiger charge is 2.30. The van der Waals surface area contributed by atoms with E-state index in [-0.39, 0.29) is 17.9 Å². The Kier molecular flexibility index (Phi) is 6.72. The quantitative estimate of drug-likeness (QED) is 0.602. The minimum atomic E-state index is -0.465. The molecule has 0 aromatic carbocycles. The molecule has 0 saturated carbocycles. The largest absolute Gasteiger partial charge is 0.396 e. The molecule has 0 rings (SSSR count). The van der Waals surface area contributed by atoms with E-state index in [9.17, 15) is 4.79 Å². The van der Waals surface area contributed by atoms with E-state index in [1.807, 2.05) is 13.8 Å². The number of carbonyl (C=O) groups excluding carboxylic acids is 1. The van der Waals surface area contributed by atoms with Crippen LogP contribution in [-0.4, -0.2) is 30.7 Å². The van der Waals surface area contributed by atoms with Crippen LogP contribution >= 0.6 is 0 Å². The Morgan fingerprint density at radius 3 is 2.35 bits per heavy atom. The molecule has 0 fully saturated rings. The summed E-state index contributed by atoms with van der Waals surface area (Å²) in [6.45, 7) is 9.25. The Hall–Kier alpha value is -0.610. The van der Waals surface area contributed by atoms with E-state index in [0.717, 1.165) is 19.3 Å². The smallest absolute Gasteiger partial charge is 0.227 e. The van der Waals surface area contributed by atoms with Crippen LogP contribution in [0.1, 0.15) is 47.0 Å². The molecule has 4 heteroatoms. The van der Waals surface area contributed by atoms with Crippen molar-refractivity contribution in [3.63, 3.8) is 0 Å². The van der Waals surface area contributed by atoms with Gasteiger partial charge in [0.25, 0.3) is 0 Å². The maximum atomic E-state index is 12.0. The van der Waals surface area contributed by atoms with E-state index >= 15 is 0 Å². The number of hydrogen-bond donors (Lipinski definition) is 3. The molecule has 1 amide bonds. The minimum absolute atomic E-state index is 0.0155. The molecule has 4 N–H and O–H groups in total. The Bertz CT molecular complexity index is 236. The number of hydrogen-bond acceptors (Lipinski definition) is 3. The van der Waals surface area contributed by atoms with Gasteiger partial charge in [0.05, 0.1) is 5.41 Å². The number of carbonyl (C=O) groups is 1. The van der Waals surface area contributed by atoms with Crippen LogP contribution in [0.2, 0.25) is 0 Å². The van der Waals surface area contributed by atoms with Crippen molar-refractivity contribution in [1.29, 1.82) is 0 Å². The van der Waals surface area contributed by atoms with Crippen LogP contribution in [0.15, 0.2) is 0 Å². The third kappa shape index (κ3) is 5.50. The van der Waals surface area contributed by atoms with E-state index in [1.54, 1.807) is 0 Å². The molecule has 4 nitrogen and oxygen atoms in total. The zero-order valence-corrected chi connectivity index (χ0v) is 11.7. The molecule has 17 heavy (non-hydrogen) atoms. The summed E-state index contributed by atoms with van der Waals surface area (Å²) in [5.74, 6) is 0.0274. The average Bonchev–Trinajstić information content (AvgIpc) is 2.32. The first-order chi connectivity index (χ1) is 7.81. The van der Waals surface area contributed by atoms with Gasteiger partial charge in [0.1, 0.15) is 0 Å². The molecule has 1 unspecified atom stereocenters. The topological polar surface area (TPSA) is 75.4 Å². The van der Waals surface area contributed by atoms with E-state index in [0.29, 0.717) is 13.1 Å². The van der Waals surface area contributed by atoms with Crippen molar-refractivity contribution in [1.82, 2.24) is 5.32 Å². The second-order valence-electron chi connectivity index (χ2n) is 5.79. The standard InChI is InChI=1S/C13H28N2O2/c1-5-13(4,9-14)11(17)15-10-12(2,3)7-6-8-16/h16H,5-10,14H2,1-4H3,(H,15,17). The number of nitrogens with one attached hydrogen (secondary N) is 1. The van der Waals surface area contributed by atoms with Crippen molar-refractivity contribution in [3.8, 4) is 0 Å². The van der Waals surface area contributed by atoms with E-state index < -0.39 is 5.41 Å². The summed E-state index contributed by atoms with van der Waals surface area (Å²) in [6.07, 6.45) is 2.41. The molecule has 102 valence electrons. The fourth-order valence-electron chi connectivity index (χ4n) is 1.58. The van der Waals surface area contributed by atoms with E-state index in [4.69, 9.17) is 10.8 Å². The summed E-state index contributed by atoms with van der Waals surface area (Å²) in [5.41, 5.74) is 5.19. The Balaban J connectivity index is 4.23. The molecule has 0 saturated heterocycles. The molecule has 0 heterocycles. The number of nitrogens with two attached hydrogens (primary N) is 1. The summed E-state index contributed by atoms with van der Waals surface area (Å²) in [4.78, 5) is 12.0. The zero-order valence-electron chi connectivity index (χ0n) is 11.7. The lowest BCUT2D eigenvalue weighted by molar-refractivity contribution is -0.130. The van der Waals surface area contributed by atoms with Gasteiger partial charge >= 0.3 is 0 Å². The summed E-state index contributed by atoms with van der Waals surface area (Å²) >= 11 is 0. The van der Waals surface area contributed by atoms with Crippen LogP contribution in [0, 0.1) is 10.8 Å². The van der Waals surface area contributed by atoms with Crippen molar-refractivity contribution in [2.24, 2.45) is 16.6 Å². The molecular weight excluding hydrogens is 216 g/mol. The van der Waals surface area contributed by atoms with Gasteiger partial charge in [0.15, 0.2) is 0 Å². The maximum Gasteiger partial charge on any atom is 0.227 e. The second-order valence-corrected chi connectivity index (χ2v) is 5.79. The van der Waals surface area contributed by atoms with Gasteiger partial charge in [-0.25, -0.2) is 0 Å². The van der Waals surface area contributed by atoms with Crippen LogP contribution < -0.4 is 11.1 Å². The molecular formula is C13H28N2O2. The van der Waals surface area contributed by atoms with Crippen LogP contribution in [0.4, 0.5) is 0 Å². The molecule has 0 aromatic heterocycles. The first-order valence-corrected chi connectivity index (χ1v) is 6.40. The van der Waals surface area contributed by atoms with Crippen LogP contribution in [-0.2, 0) is 4.79 Å². The predicted octanol–water partition coefficient (Wildman–Crippen LogP) is 1.28. The summed E-state index contributed by atoms with van der Waals surface area (Å²) in [5, 5.41) is 11.8. The van der Waals surface area contributed by atoms with Crippen molar-refractivity contribution in [2.75, 3.05) is 19.7 Å². The number of aliphatic hydroxyl groups is 1. The Morgan fingerprint density at radius 2 is 1.94 bits per heavy atom. The van der Waals surface area contributed by atoms with Gasteiger partial charge < -0.3 is 16.2 Å². The monoisotopic (exact) mass is 244 g/mol. The van der Waals surface area contributed by atoms with Crippen molar-refractivity contribution in [2.45, 2.75) is 47.0 Å². The van der Waals surface area contributed by atoms with Gasteiger partial charge in [0, 0.05) is 19.7 Å². The van der Waals surface area contributed by atoms with Crippen molar-refractivity contribution >= 4 is 5.91 Å². The van der Waals surface area contributed by atoms with Gasteiger partial charge in [-0.2, -0.15) is 0 Å². The molecule has 0 radical (unpaired) electrons. The molecule has 0 aromatic rings. The SMILES string of the molecule is CCC(C)(CN)C(=O)NCC(C)(C)CCCO. The van der Waals surface area contributed by atoms with Crippen LogP contribution in [0.5, 0.6) is 0 Å². The Labute approximate surface area is 105 Å². The van der Waals surface area contributed by atoms with E-state index in [2.05, 4.69) is 19.2 Å². The third-order valence-electron chi connectivity index (χ3n) is 3.52. The number of amides is 1. The predicted molar refractivity (Wildman–Crippen MR) is 70.6 cm³/mol. The first-order valence-electron chi connectivity index (χ1n) is 6.40. The highest BCUT2D eigenvalue weighted by Crippen LogP contribution is 2.23. The third-order valence-corrected chi connectivity index (χ3v) is 3.52. The summed E-state index contributed by atoms with van der Waals surface area (Å²) in [7, 11) is 0. The van der Waals surface area contributed by atoms with Gasteiger partial charge in [-0.05, 0) is 31.6 Å². The van der Waals surface area contributed by atoms with Crippen LogP contribution in [0.3, 0.4) is 0 Å². The fourth-order valence-corrected chi connectivity index (χ4v) is 1.58. The lowest BCUT2D eigenvalue weighted by Gasteiger charge is -2.29. The fraction of sp³-hybridized carbons (Fsp3) is 0.923. The lowest BCUT2D eigenvalue weighted by Crippen LogP contribution is -2.46. The molecule has 0 bridgehead atoms. The van der Waals surface area contributed by atoms with Crippen molar-refractivity contribution < 1.29 is 9.90 Å². The zero-order chi connectivity index (χ0) is 13.5. The number of rotatable bonds is 8.